The van der Waals surface area contributed by atoms with Gasteiger partial charge in [0.25, 0.3) is 0 Å². The van der Waals surface area contributed by atoms with Gasteiger partial charge in [-0.1, -0.05) is 63.3 Å². The van der Waals surface area contributed by atoms with Crippen LogP contribution in [0.3, 0.4) is 0 Å². The molecule has 1 saturated carbocycles. The number of hydrogen-bond acceptors (Lipinski definition) is 6. The van der Waals surface area contributed by atoms with E-state index < -0.39 is 23.9 Å². The van der Waals surface area contributed by atoms with E-state index in [1.165, 1.54) is 0 Å². The van der Waals surface area contributed by atoms with Crippen molar-refractivity contribution < 1.29 is 23.8 Å². The van der Waals surface area contributed by atoms with Crippen molar-refractivity contribution in [3.63, 3.8) is 0 Å². The summed E-state index contributed by atoms with van der Waals surface area (Å²) in [5, 5.41) is 6.04. The van der Waals surface area contributed by atoms with E-state index >= 15 is 0 Å². The lowest BCUT2D eigenvalue weighted by Crippen LogP contribution is -2.51. The summed E-state index contributed by atoms with van der Waals surface area (Å²) in [6.45, 7) is 15.0. The molecule has 1 aliphatic carbocycles. The minimum absolute atomic E-state index is 0.0245. The van der Waals surface area contributed by atoms with Crippen LogP contribution in [0.15, 0.2) is 42.5 Å². The van der Waals surface area contributed by atoms with E-state index in [-0.39, 0.29) is 29.0 Å². The summed E-state index contributed by atoms with van der Waals surface area (Å²) in [5.74, 6) is 0. The monoisotopic (exact) mass is 545 g/mol. The van der Waals surface area contributed by atoms with Gasteiger partial charge in [0.2, 0.25) is 0 Å². The van der Waals surface area contributed by atoms with E-state index in [1.807, 2.05) is 64.1 Å². The van der Waals surface area contributed by atoms with Crippen molar-refractivity contribution in [2.45, 2.75) is 104 Å². The van der Waals surface area contributed by atoms with E-state index in [2.05, 4.69) is 37.5 Å². The van der Waals surface area contributed by atoms with Crippen molar-refractivity contribution in [2.75, 3.05) is 20.2 Å². The first-order chi connectivity index (χ1) is 18.1. The third-order valence-corrected chi connectivity index (χ3v) is 7.37. The van der Waals surface area contributed by atoms with Gasteiger partial charge in [0.1, 0.15) is 11.7 Å². The van der Waals surface area contributed by atoms with Gasteiger partial charge in [-0.3, -0.25) is 0 Å². The fourth-order valence-corrected chi connectivity index (χ4v) is 5.55. The van der Waals surface area contributed by atoms with E-state index in [1.54, 1.807) is 7.11 Å². The third kappa shape index (κ3) is 11.6. The van der Waals surface area contributed by atoms with Gasteiger partial charge in [-0.05, 0) is 69.8 Å². The zero-order chi connectivity index (χ0) is 29.3. The van der Waals surface area contributed by atoms with Gasteiger partial charge in [0.05, 0.1) is 5.60 Å². The SMILES string of the molecule is COC(C)(C)C/C=C\CC(C)(C)OC(=O)NCC1(C)CC(NC(=O)OC(CN)c2ccccc2)CC(C)(C)C1. The maximum Gasteiger partial charge on any atom is 0.408 e. The molecule has 0 saturated heterocycles. The summed E-state index contributed by atoms with van der Waals surface area (Å²) < 4.78 is 16.8. The highest BCUT2D eigenvalue weighted by Crippen LogP contribution is 2.45. The maximum absolute atomic E-state index is 12.8. The Labute approximate surface area is 235 Å². The van der Waals surface area contributed by atoms with Crippen LogP contribution >= 0.6 is 0 Å². The number of nitrogens with two attached hydrogens (primary N) is 1. The Morgan fingerprint density at radius 3 is 2.23 bits per heavy atom. The van der Waals surface area contributed by atoms with E-state index in [4.69, 9.17) is 19.9 Å². The highest BCUT2D eigenvalue weighted by molar-refractivity contribution is 5.68. The van der Waals surface area contributed by atoms with Crippen LogP contribution in [0, 0.1) is 10.8 Å². The number of alkyl carbamates (subject to hydrolysis) is 2. The molecule has 0 aromatic heterocycles. The zero-order valence-electron chi connectivity index (χ0n) is 25.3. The van der Waals surface area contributed by atoms with Gasteiger partial charge in [-0.15, -0.1) is 0 Å². The number of methoxy groups -OCH3 is 1. The number of benzene rings is 1. The molecule has 0 spiro atoms. The van der Waals surface area contributed by atoms with Gasteiger partial charge in [-0.25, -0.2) is 9.59 Å². The molecule has 0 aliphatic heterocycles. The molecule has 1 fully saturated rings. The number of nitrogens with one attached hydrogen (secondary N) is 2. The topological polar surface area (TPSA) is 112 Å². The van der Waals surface area contributed by atoms with Gasteiger partial charge >= 0.3 is 12.2 Å². The largest absolute Gasteiger partial charge is 0.443 e. The van der Waals surface area contributed by atoms with Gasteiger partial charge < -0.3 is 30.6 Å². The molecule has 0 radical (unpaired) electrons. The molecular weight excluding hydrogens is 494 g/mol. The number of hydrogen-bond donors (Lipinski definition) is 3. The minimum atomic E-state index is -0.642. The molecule has 220 valence electrons. The summed E-state index contributed by atoms with van der Waals surface area (Å²) in [4.78, 5) is 25.5. The second-order valence-corrected chi connectivity index (χ2v) is 13.3. The van der Waals surface area contributed by atoms with E-state index in [0.29, 0.717) is 19.4 Å². The van der Waals surface area contributed by atoms with Gasteiger partial charge in [0.15, 0.2) is 0 Å². The Bertz CT molecular complexity index is 960. The van der Waals surface area contributed by atoms with Crippen molar-refractivity contribution in [3.8, 4) is 0 Å². The Hall–Kier alpha value is -2.58. The molecule has 39 heavy (non-hydrogen) atoms. The van der Waals surface area contributed by atoms with Crippen molar-refractivity contribution in [3.05, 3.63) is 48.0 Å². The molecule has 8 heteroatoms. The lowest BCUT2D eigenvalue weighted by Gasteiger charge is -2.46. The molecule has 1 aromatic rings. The lowest BCUT2D eigenvalue weighted by molar-refractivity contribution is 0.0241. The molecule has 2 amide bonds. The molecule has 0 heterocycles. The van der Waals surface area contributed by atoms with Crippen LogP contribution in [-0.4, -0.2) is 49.6 Å². The van der Waals surface area contributed by atoms with Crippen LogP contribution in [0.25, 0.3) is 0 Å². The number of ether oxygens (including phenoxy) is 3. The van der Waals surface area contributed by atoms with E-state index in [9.17, 15) is 9.59 Å². The number of carbonyl (C=O) groups excluding carboxylic acids is 2. The fraction of sp³-hybridized carbons (Fsp3) is 0.677. The Balaban J connectivity index is 1.90. The highest BCUT2D eigenvalue weighted by Gasteiger charge is 2.42. The van der Waals surface area contributed by atoms with Crippen LogP contribution in [0.2, 0.25) is 0 Å². The zero-order valence-corrected chi connectivity index (χ0v) is 25.3. The molecule has 2 rings (SSSR count). The smallest absolute Gasteiger partial charge is 0.408 e. The molecule has 3 atom stereocenters. The average Bonchev–Trinajstić information content (AvgIpc) is 2.83. The summed E-state index contributed by atoms with van der Waals surface area (Å²) in [6.07, 6.45) is 6.49. The van der Waals surface area contributed by atoms with Crippen molar-refractivity contribution >= 4 is 12.2 Å². The van der Waals surface area contributed by atoms with Crippen molar-refractivity contribution in [2.24, 2.45) is 16.6 Å². The number of amides is 2. The molecule has 1 aromatic carbocycles. The van der Waals surface area contributed by atoms with Crippen molar-refractivity contribution in [1.29, 1.82) is 0 Å². The first-order valence-electron chi connectivity index (χ1n) is 14.0. The van der Waals surface area contributed by atoms with Crippen LogP contribution < -0.4 is 16.4 Å². The molecule has 8 nitrogen and oxygen atoms in total. The fourth-order valence-electron chi connectivity index (χ4n) is 5.55. The second-order valence-electron chi connectivity index (χ2n) is 13.3. The first-order valence-corrected chi connectivity index (χ1v) is 14.0. The van der Waals surface area contributed by atoms with Crippen LogP contribution in [0.1, 0.15) is 92.2 Å². The Kier molecular flexibility index (Phi) is 11.4. The maximum atomic E-state index is 12.8. The standard InChI is InChI=1S/C31H51N3O5/c1-28(2)18-24(34-27(36)38-25(20-32)23-14-10-9-11-15-23)19-31(7,21-28)22-33-26(35)39-30(5,6)17-13-12-16-29(3,4)37-8/h9-15,24-25H,16-22,32H2,1-8H3,(H,33,35)(H,34,36)/b13-12-. The second kappa shape index (κ2) is 13.7. The first kappa shape index (κ1) is 32.6. The number of carbonyl (C=O) groups is 2. The summed E-state index contributed by atoms with van der Waals surface area (Å²) >= 11 is 0. The van der Waals surface area contributed by atoms with Crippen molar-refractivity contribution in [1.82, 2.24) is 10.6 Å². The van der Waals surface area contributed by atoms with Gasteiger partial charge in [-0.2, -0.15) is 0 Å². The summed E-state index contributed by atoms with van der Waals surface area (Å²) in [6, 6.07) is 9.42. The minimum Gasteiger partial charge on any atom is -0.443 e. The quantitative estimate of drug-likeness (QED) is 0.267. The Morgan fingerprint density at radius 1 is 1.03 bits per heavy atom. The molecule has 0 bridgehead atoms. The van der Waals surface area contributed by atoms with E-state index in [0.717, 1.165) is 24.8 Å². The Morgan fingerprint density at radius 2 is 1.64 bits per heavy atom. The van der Waals surface area contributed by atoms with Crippen LogP contribution in [0.4, 0.5) is 9.59 Å². The average molecular weight is 546 g/mol. The predicted octanol–water partition coefficient (Wildman–Crippen LogP) is 6.26. The predicted molar refractivity (Wildman–Crippen MR) is 155 cm³/mol. The summed E-state index contributed by atoms with van der Waals surface area (Å²) in [7, 11) is 1.70. The lowest BCUT2D eigenvalue weighted by atomic mass is 9.62. The normalized spacial score (nSPS) is 22.2. The molecular formula is C31H51N3O5. The molecule has 4 N–H and O–H groups in total. The van der Waals surface area contributed by atoms with Gasteiger partial charge in [0, 0.05) is 32.7 Å². The highest BCUT2D eigenvalue weighted by atomic mass is 16.6. The summed E-state index contributed by atoms with van der Waals surface area (Å²) in [5.41, 5.74) is 5.63. The molecule has 1 aliphatic rings. The number of rotatable bonds is 12. The van der Waals surface area contributed by atoms with Crippen LogP contribution in [-0.2, 0) is 14.2 Å². The van der Waals surface area contributed by atoms with Crippen LogP contribution in [0.5, 0.6) is 0 Å². The third-order valence-electron chi connectivity index (χ3n) is 7.37. The molecule has 3 unspecified atom stereocenters.